The molecule has 5 rings (SSSR count). The van der Waals surface area contributed by atoms with E-state index >= 15 is 0 Å². The summed E-state index contributed by atoms with van der Waals surface area (Å²) < 4.78 is -0.837. The predicted molar refractivity (Wildman–Crippen MR) is 195 cm³/mol. The number of carbonyl (C=O) groups is 1. The molecule has 0 aromatic rings. The highest BCUT2D eigenvalue weighted by molar-refractivity contribution is 6.55. The van der Waals surface area contributed by atoms with E-state index in [1.54, 1.807) is 0 Å². The lowest BCUT2D eigenvalue weighted by atomic mass is 9.41. The number of carbonyl (C=O) groups excluding carboxylic acids is 1. The predicted octanol–water partition coefficient (Wildman–Crippen LogP) is 14.2. The molecule has 0 radical (unpaired) electrons. The molecular weight excluding hydrogens is 591 g/mol. The van der Waals surface area contributed by atoms with Gasteiger partial charge in [0.15, 0.2) is 5.78 Å². The first-order chi connectivity index (χ1) is 21.9. The fourth-order valence-corrected chi connectivity index (χ4v) is 12.9. The lowest BCUT2D eigenvalue weighted by molar-refractivity contribution is -0.173. The second kappa shape index (κ2) is 17.3. The third kappa shape index (κ3) is 8.18. The standard InChI is InChI=1S/C42H72Cl2O/c1-3-5-7-9-11-13-15-33-17-21-35(22-18-33)37-25-29-40(30-26-37)39(45)41(42(40,43)44)31-27-38(28-32-41)36-23-19-34(20-24-36)16-14-12-10-8-6-4-2/h33-38H,3-32H2,1-2H3/t33?,34?,35?,36?,37-,38?,40+,41-. The molecule has 0 amide bonds. The summed E-state index contributed by atoms with van der Waals surface area (Å²) in [5.41, 5.74) is -0.883. The van der Waals surface area contributed by atoms with Crippen LogP contribution in [0.2, 0.25) is 0 Å². The topological polar surface area (TPSA) is 17.1 Å². The van der Waals surface area contributed by atoms with Gasteiger partial charge in [-0.25, -0.2) is 0 Å². The molecule has 0 atom stereocenters. The van der Waals surface area contributed by atoms with E-state index in [4.69, 9.17) is 23.2 Å². The van der Waals surface area contributed by atoms with E-state index in [0.717, 1.165) is 61.2 Å². The Morgan fingerprint density at radius 1 is 0.467 bits per heavy atom. The van der Waals surface area contributed by atoms with Crippen molar-refractivity contribution >= 4 is 29.0 Å². The fourth-order valence-electron chi connectivity index (χ4n) is 11.8. The quantitative estimate of drug-likeness (QED) is 0.119. The van der Waals surface area contributed by atoms with Gasteiger partial charge in [0.2, 0.25) is 0 Å². The van der Waals surface area contributed by atoms with Crippen molar-refractivity contribution in [2.24, 2.45) is 46.3 Å². The van der Waals surface area contributed by atoms with E-state index in [9.17, 15) is 4.79 Å². The Labute approximate surface area is 289 Å². The van der Waals surface area contributed by atoms with Crippen molar-refractivity contribution in [2.75, 3.05) is 0 Å². The normalized spacial score (nSPS) is 38.4. The second-order valence-electron chi connectivity index (χ2n) is 17.4. The summed E-state index contributed by atoms with van der Waals surface area (Å²) >= 11 is 14.8. The molecule has 0 heterocycles. The van der Waals surface area contributed by atoms with Gasteiger partial charge >= 0.3 is 0 Å². The number of alkyl halides is 2. The van der Waals surface area contributed by atoms with Crippen molar-refractivity contribution in [1.29, 1.82) is 0 Å². The summed E-state index contributed by atoms with van der Waals surface area (Å²) in [5.74, 6) is 5.79. The maximum Gasteiger partial charge on any atom is 0.151 e. The van der Waals surface area contributed by atoms with E-state index in [1.165, 1.54) is 167 Å². The van der Waals surface area contributed by atoms with Gasteiger partial charge < -0.3 is 0 Å². The summed E-state index contributed by atoms with van der Waals surface area (Å²) in [6, 6.07) is 0. The fraction of sp³-hybridized carbons (Fsp3) is 0.976. The average Bonchev–Trinajstić information content (AvgIpc) is 3.08. The first-order valence-corrected chi connectivity index (χ1v) is 21.5. The van der Waals surface area contributed by atoms with Crippen LogP contribution in [0.3, 0.4) is 0 Å². The molecule has 0 N–H and O–H groups in total. The highest BCUT2D eigenvalue weighted by atomic mass is 35.5. The third-order valence-electron chi connectivity index (χ3n) is 14.9. The Bertz CT molecular complexity index is 795. The van der Waals surface area contributed by atoms with Gasteiger partial charge in [-0.1, -0.05) is 153 Å². The molecule has 1 nitrogen and oxygen atoms in total. The monoisotopic (exact) mass is 662 g/mol. The molecule has 0 aromatic carbocycles. The molecule has 5 saturated carbocycles. The van der Waals surface area contributed by atoms with Gasteiger partial charge in [0.05, 0.1) is 10.8 Å². The molecule has 5 aliphatic carbocycles. The highest BCUT2D eigenvalue weighted by Gasteiger charge is 2.79. The van der Waals surface area contributed by atoms with Crippen LogP contribution in [0.25, 0.3) is 0 Å². The molecule has 0 unspecified atom stereocenters. The van der Waals surface area contributed by atoms with Crippen LogP contribution < -0.4 is 0 Å². The summed E-state index contributed by atoms with van der Waals surface area (Å²) in [4.78, 5) is 14.2. The molecule has 0 bridgehead atoms. The largest absolute Gasteiger partial charge is 0.298 e. The molecule has 3 heteroatoms. The first-order valence-electron chi connectivity index (χ1n) is 20.8. The Kier molecular flexibility index (Phi) is 14.0. The zero-order valence-electron chi connectivity index (χ0n) is 29.8. The van der Waals surface area contributed by atoms with Crippen molar-refractivity contribution in [2.45, 2.75) is 211 Å². The summed E-state index contributed by atoms with van der Waals surface area (Å²) in [6.45, 7) is 4.61. The van der Waals surface area contributed by atoms with Crippen molar-refractivity contribution in [3.8, 4) is 0 Å². The first kappa shape index (κ1) is 36.5. The molecule has 5 fully saturated rings. The van der Waals surface area contributed by atoms with Gasteiger partial charge in [-0.3, -0.25) is 4.79 Å². The second-order valence-corrected chi connectivity index (χ2v) is 18.7. The summed E-state index contributed by atoms with van der Waals surface area (Å²) in [6.07, 6.45) is 40.0. The summed E-state index contributed by atoms with van der Waals surface area (Å²) in [7, 11) is 0. The number of unbranched alkanes of at least 4 members (excludes halogenated alkanes) is 10. The molecular formula is C42H72Cl2O. The third-order valence-corrected chi connectivity index (χ3v) is 16.3. The molecule has 45 heavy (non-hydrogen) atoms. The molecule has 5 aliphatic rings. The van der Waals surface area contributed by atoms with Crippen LogP contribution in [0.5, 0.6) is 0 Å². The van der Waals surface area contributed by atoms with Crippen LogP contribution in [-0.2, 0) is 4.79 Å². The highest BCUT2D eigenvalue weighted by Crippen LogP contribution is 2.75. The minimum Gasteiger partial charge on any atom is -0.298 e. The Morgan fingerprint density at radius 3 is 1.11 bits per heavy atom. The van der Waals surface area contributed by atoms with E-state index < -0.39 is 15.2 Å². The zero-order valence-corrected chi connectivity index (χ0v) is 31.4. The number of halogens is 2. The van der Waals surface area contributed by atoms with E-state index in [1.807, 2.05) is 0 Å². The van der Waals surface area contributed by atoms with Gasteiger partial charge in [0, 0.05) is 0 Å². The SMILES string of the molecule is CCCCCCCCC1CCC(C2CC[C@]3(CC2)C(=O)[C@@]2(CC[C@@H](C4CCC(CCCCCCCC)CC4)CC2)C3(Cl)Cl)CC1. The van der Waals surface area contributed by atoms with Crippen LogP contribution in [0, 0.1) is 46.3 Å². The van der Waals surface area contributed by atoms with E-state index in [0.29, 0.717) is 5.78 Å². The van der Waals surface area contributed by atoms with Crippen molar-refractivity contribution < 1.29 is 4.79 Å². The van der Waals surface area contributed by atoms with E-state index in [-0.39, 0.29) is 0 Å². The lowest BCUT2D eigenvalue weighted by Crippen LogP contribution is -2.74. The summed E-state index contributed by atoms with van der Waals surface area (Å²) in [5, 5.41) is 0. The minimum atomic E-state index is -0.837. The van der Waals surface area contributed by atoms with Gasteiger partial charge in [0.1, 0.15) is 4.33 Å². The van der Waals surface area contributed by atoms with E-state index in [2.05, 4.69) is 13.8 Å². The molecule has 0 aromatic heterocycles. The van der Waals surface area contributed by atoms with Crippen molar-refractivity contribution in [3.05, 3.63) is 0 Å². The Hall–Kier alpha value is 0.250. The van der Waals surface area contributed by atoms with Crippen LogP contribution in [0.15, 0.2) is 0 Å². The molecule has 0 aliphatic heterocycles. The van der Waals surface area contributed by atoms with Crippen LogP contribution in [0.1, 0.15) is 206 Å². The van der Waals surface area contributed by atoms with Crippen LogP contribution in [-0.4, -0.2) is 10.1 Å². The van der Waals surface area contributed by atoms with Gasteiger partial charge in [0.25, 0.3) is 0 Å². The smallest absolute Gasteiger partial charge is 0.151 e. The maximum absolute atomic E-state index is 14.2. The minimum absolute atomic E-state index is 0.441. The lowest BCUT2D eigenvalue weighted by Gasteiger charge is -2.67. The van der Waals surface area contributed by atoms with Gasteiger partial charge in [-0.2, -0.15) is 0 Å². The van der Waals surface area contributed by atoms with Crippen LogP contribution >= 0.6 is 23.2 Å². The van der Waals surface area contributed by atoms with Crippen LogP contribution in [0.4, 0.5) is 0 Å². The van der Waals surface area contributed by atoms with Crippen molar-refractivity contribution in [1.82, 2.24) is 0 Å². The Balaban J connectivity index is 0.999. The number of hydrogen-bond acceptors (Lipinski definition) is 1. The number of hydrogen-bond donors (Lipinski definition) is 0. The maximum atomic E-state index is 14.2. The van der Waals surface area contributed by atoms with Crippen molar-refractivity contribution in [3.63, 3.8) is 0 Å². The average molecular weight is 664 g/mol. The Morgan fingerprint density at radius 2 is 0.778 bits per heavy atom. The number of ketones is 1. The zero-order chi connectivity index (χ0) is 31.8. The molecule has 2 spiro atoms. The number of rotatable bonds is 16. The van der Waals surface area contributed by atoms with Gasteiger partial charge in [-0.05, 0) is 113 Å². The number of Topliss-reactive ketones (excluding diaryl/α,β-unsaturated/α-hetero) is 1. The molecule has 260 valence electrons. The molecule has 0 saturated heterocycles. The van der Waals surface area contributed by atoms with Gasteiger partial charge in [-0.15, -0.1) is 0 Å².